The van der Waals surface area contributed by atoms with Crippen LogP contribution in [0.15, 0.2) is 59.0 Å². The predicted molar refractivity (Wildman–Crippen MR) is 135 cm³/mol. The minimum Gasteiger partial charge on any atom is -0.497 e. The van der Waals surface area contributed by atoms with E-state index in [0.29, 0.717) is 28.8 Å². The maximum Gasteiger partial charge on any atom is 0.307 e. The normalized spacial score (nSPS) is 13.3. The molecule has 5 rings (SSSR count). The zero-order valence-electron chi connectivity index (χ0n) is 20.3. The van der Waals surface area contributed by atoms with Gasteiger partial charge in [0.2, 0.25) is 0 Å². The van der Waals surface area contributed by atoms with Gasteiger partial charge in [0.05, 0.1) is 13.5 Å². The van der Waals surface area contributed by atoms with Gasteiger partial charge in [-0.25, -0.2) is 8.78 Å². The molecule has 1 heterocycles. The van der Waals surface area contributed by atoms with Crippen LogP contribution in [0.1, 0.15) is 53.2 Å². The number of hydrogen-bond donors (Lipinski definition) is 2. The lowest BCUT2D eigenvalue weighted by Crippen LogP contribution is -2.05. The highest BCUT2D eigenvalue weighted by Crippen LogP contribution is 2.47. The molecule has 0 aliphatic heterocycles. The summed E-state index contributed by atoms with van der Waals surface area (Å²) in [6, 6.07) is 16.5. The van der Waals surface area contributed by atoms with Gasteiger partial charge in [-0.1, -0.05) is 24.3 Å². The summed E-state index contributed by atoms with van der Waals surface area (Å²) in [4.78, 5) is 11.3. The van der Waals surface area contributed by atoms with Crippen LogP contribution in [-0.2, 0) is 24.4 Å². The van der Waals surface area contributed by atoms with Gasteiger partial charge in [0.1, 0.15) is 23.7 Å². The number of hydrogen-bond acceptors (Lipinski definition) is 5. The van der Waals surface area contributed by atoms with Crippen molar-refractivity contribution in [1.29, 1.82) is 0 Å². The molecule has 8 heteroatoms. The fourth-order valence-electron chi connectivity index (χ4n) is 4.62. The van der Waals surface area contributed by atoms with E-state index in [0.717, 1.165) is 35.1 Å². The summed E-state index contributed by atoms with van der Waals surface area (Å²) >= 11 is 0. The molecule has 3 aromatic carbocycles. The van der Waals surface area contributed by atoms with Crippen LogP contribution >= 0.6 is 0 Å². The molecule has 6 nitrogen and oxygen atoms in total. The second-order valence-electron chi connectivity index (χ2n) is 9.20. The van der Waals surface area contributed by atoms with Gasteiger partial charge in [0, 0.05) is 29.1 Å². The molecular formula is C29H27F2NO5. The smallest absolute Gasteiger partial charge is 0.307 e. The molecule has 4 aromatic rings. The number of alkyl halides is 2. The minimum absolute atomic E-state index is 0.219. The van der Waals surface area contributed by atoms with E-state index < -0.39 is 18.2 Å². The maximum absolute atomic E-state index is 14.2. The number of benzene rings is 3. The van der Waals surface area contributed by atoms with Crippen LogP contribution in [0.2, 0.25) is 0 Å². The molecule has 0 saturated heterocycles. The van der Waals surface area contributed by atoms with Crippen molar-refractivity contribution in [3.63, 3.8) is 0 Å². The Morgan fingerprint density at radius 1 is 1.14 bits per heavy atom. The molecule has 0 unspecified atom stereocenters. The number of nitrogens with two attached hydrogens (primary N) is 1. The van der Waals surface area contributed by atoms with Crippen molar-refractivity contribution < 1.29 is 32.6 Å². The van der Waals surface area contributed by atoms with E-state index in [4.69, 9.17) is 19.6 Å². The lowest BCUT2D eigenvalue weighted by Gasteiger charge is -2.13. The van der Waals surface area contributed by atoms with Gasteiger partial charge in [-0.15, -0.1) is 0 Å². The van der Waals surface area contributed by atoms with Crippen LogP contribution < -0.4 is 15.2 Å². The quantitative estimate of drug-likeness (QED) is 0.252. The van der Waals surface area contributed by atoms with Gasteiger partial charge in [-0.05, 0) is 65.3 Å². The molecule has 0 bridgehead atoms. The van der Waals surface area contributed by atoms with Gasteiger partial charge in [0.15, 0.2) is 5.76 Å². The first-order valence-corrected chi connectivity index (χ1v) is 12.1. The zero-order valence-corrected chi connectivity index (χ0v) is 20.3. The molecular weight excluding hydrogens is 480 g/mol. The van der Waals surface area contributed by atoms with E-state index in [-0.39, 0.29) is 30.3 Å². The molecule has 0 amide bonds. The Morgan fingerprint density at radius 3 is 2.62 bits per heavy atom. The van der Waals surface area contributed by atoms with Gasteiger partial charge >= 0.3 is 5.97 Å². The standard InChI is InChI=1S/C29H27F2NO5/c1-35-21-8-7-19(12-26(33)34)25(13-21)36-15-24-23-11-20(18-4-2-3-16(9-18)14-32)10-22(17-5-6-17)27(23)37-28(24)29(30)31/h2-4,7-11,13,17,29H,5-6,12,14-15,32H2,1H3,(H,33,34). The van der Waals surface area contributed by atoms with E-state index in [1.54, 1.807) is 18.2 Å². The number of fused-ring (bicyclic) bond motifs is 1. The van der Waals surface area contributed by atoms with E-state index in [2.05, 4.69) is 0 Å². The average molecular weight is 508 g/mol. The van der Waals surface area contributed by atoms with Crippen molar-refractivity contribution in [1.82, 2.24) is 0 Å². The summed E-state index contributed by atoms with van der Waals surface area (Å²) in [5.74, 6) is -0.493. The van der Waals surface area contributed by atoms with E-state index in [1.165, 1.54) is 7.11 Å². The molecule has 0 radical (unpaired) electrons. The fourth-order valence-corrected chi connectivity index (χ4v) is 4.62. The summed E-state index contributed by atoms with van der Waals surface area (Å²) in [6.07, 6.45) is -1.17. The van der Waals surface area contributed by atoms with Crippen molar-refractivity contribution in [2.75, 3.05) is 7.11 Å². The highest BCUT2D eigenvalue weighted by atomic mass is 19.3. The van der Waals surface area contributed by atoms with Gasteiger partial charge in [-0.2, -0.15) is 0 Å². The Morgan fingerprint density at radius 2 is 1.95 bits per heavy atom. The molecule has 0 atom stereocenters. The lowest BCUT2D eigenvalue weighted by molar-refractivity contribution is -0.136. The number of methoxy groups -OCH3 is 1. The molecule has 3 N–H and O–H groups in total. The lowest BCUT2D eigenvalue weighted by atomic mass is 9.96. The van der Waals surface area contributed by atoms with Crippen LogP contribution in [-0.4, -0.2) is 18.2 Å². The highest BCUT2D eigenvalue weighted by molar-refractivity contribution is 5.91. The molecule has 1 aromatic heterocycles. The third-order valence-electron chi connectivity index (χ3n) is 6.65. The highest BCUT2D eigenvalue weighted by Gasteiger charge is 2.31. The van der Waals surface area contributed by atoms with E-state index in [1.807, 2.05) is 36.4 Å². The largest absolute Gasteiger partial charge is 0.497 e. The van der Waals surface area contributed by atoms with Crippen molar-refractivity contribution in [2.24, 2.45) is 5.73 Å². The second-order valence-corrected chi connectivity index (χ2v) is 9.20. The number of aliphatic carboxylic acids is 1. The molecule has 1 aliphatic carbocycles. The zero-order chi connectivity index (χ0) is 26.1. The van der Waals surface area contributed by atoms with E-state index in [9.17, 15) is 18.7 Å². The Hall–Kier alpha value is -3.91. The maximum atomic E-state index is 14.2. The number of halogens is 2. The molecule has 1 aliphatic rings. The number of rotatable bonds is 10. The first kappa shape index (κ1) is 24.8. The number of carboxylic acids is 1. The number of furan rings is 1. The molecule has 1 fully saturated rings. The molecule has 192 valence electrons. The van der Waals surface area contributed by atoms with Crippen molar-refractivity contribution in [3.8, 4) is 22.6 Å². The number of carboxylic acid groups (broad SMARTS) is 1. The predicted octanol–water partition coefficient (Wildman–Crippen LogP) is 6.59. The van der Waals surface area contributed by atoms with Crippen LogP contribution in [0.25, 0.3) is 22.1 Å². The van der Waals surface area contributed by atoms with Gasteiger partial charge in [-0.3, -0.25) is 4.79 Å². The van der Waals surface area contributed by atoms with Crippen LogP contribution in [0.4, 0.5) is 8.78 Å². The summed E-state index contributed by atoms with van der Waals surface area (Å²) in [6.45, 7) is 0.175. The first-order valence-electron chi connectivity index (χ1n) is 12.1. The van der Waals surface area contributed by atoms with Crippen LogP contribution in [0, 0.1) is 0 Å². The number of ether oxygens (including phenoxy) is 2. The summed E-state index contributed by atoms with van der Waals surface area (Å²) in [7, 11) is 1.48. The van der Waals surface area contributed by atoms with Crippen molar-refractivity contribution in [3.05, 3.63) is 82.6 Å². The third kappa shape index (κ3) is 5.15. The van der Waals surface area contributed by atoms with E-state index >= 15 is 0 Å². The number of carbonyl (C=O) groups is 1. The van der Waals surface area contributed by atoms with Crippen LogP contribution in [0.3, 0.4) is 0 Å². The molecule has 1 saturated carbocycles. The Labute approximate surface area is 212 Å². The van der Waals surface area contributed by atoms with Crippen molar-refractivity contribution in [2.45, 2.75) is 44.8 Å². The van der Waals surface area contributed by atoms with Gasteiger partial charge in [0.25, 0.3) is 6.43 Å². The SMILES string of the molecule is COc1ccc(CC(=O)O)c(OCc2c(C(F)F)oc3c(C4CC4)cc(-c4cccc(CN)c4)cc23)c1. The Bertz CT molecular complexity index is 1460. The average Bonchev–Trinajstić information content (AvgIpc) is 3.67. The minimum atomic E-state index is -2.84. The topological polar surface area (TPSA) is 94.9 Å². The third-order valence-corrected chi connectivity index (χ3v) is 6.65. The molecule has 0 spiro atoms. The first-order chi connectivity index (χ1) is 17.9. The molecule has 37 heavy (non-hydrogen) atoms. The van der Waals surface area contributed by atoms with Gasteiger partial charge < -0.3 is 24.7 Å². The Balaban J connectivity index is 1.61. The Kier molecular flexibility index (Phi) is 6.84. The van der Waals surface area contributed by atoms with Crippen molar-refractivity contribution >= 4 is 16.9 Å². The summed E-state index contributed by atoms with van der Waals surface area (Å²) < 4.78 is 45.3. The summed E-state index contributed by atoms with van der Waals surface area (Å²) in [5.41, 5.74) is 10.7. The summed E-state index contributed by atoms with van der Waals surface area (Å²) in [5, 5.41) is 9.85. The monoisotopic (exact) mass is 507 g/mol. The second kappa shape index (κ2) is 10.2. The fraction of sp³-hybridized carbons (Fsp3) is 0.276. The van der Waals surface area contributed by atoms with Crippen LogP contribution in [0.5, 0.6) is 11.5 Å².